The van der Waals surface area contributed by atoms with Gasteiger partial charge in [-0.1, -0.05) is 54.1 Å². The van der Waals surface area contributed by atoms with Crippen LogP contribution in [0.3, 0.4) is 0 Å². The van der Waals surface area contributed by atoms with Crippen LogP contribution in [0.15, 0.2) is 73.2 Å². The number of imidazole rings is 1. The fraction of sp³-hybridized carbons (Fsp3) is 0.148. The molecule has 0 radical (unpaired) electrons. The number of fused-ring (bicyclic) bond motifs is 2. The Kier molecular flexibility index (Phi) is 5.31. The molecule has 0 saturated heterocycles. The zero-order valence-electron chi connectivity index (χ0n) is 20.1. The molecule has 9 nitrogen and oxygen atoms in total. The van der Waals surface area contributed by atoms with Crippen molar-refractivity contribution in [2.75, 3.05) is 16.4 Å². The Morgan fingerprint density at radius 1 is 1.08 bits per heavy atom. The third kappa shape index (κ3) is 3.75. The van der Waals surface area contributed by atoms with Crippen LogP contribution in [-0.2, 0) is 10.2 Å². The standard InChI is InChI=1S/C27H23ClN8O/c1-15(16-6-4-3-5-7-16)31-24-25-30-12-13-36(25)14-19(32-24)22-33-21(29)20-23(34-22)35-26(37)27(20,2)17-8-10-18(28)11-9-17/h3-15H,1-2H3,(H,31,32)(H3,29,33,34,35,37). The van der Waals surface area contributed by atoms with E-state index in [0.717, 1.165) is 11.1 Å². The lowest BCUT2D eigenvalue weighted by molar-refractivity contribution is -0.119. The molecular weight excluding hydrogens is 488 g/mol. The Hall–Kier alpha value is -4.50. The SMILES string of the molecule is CC(Nc1nc(-c2nc(N)c3c(n2)NC(=O)C3(C)c2ccc(Cl)cc2)cn2ccnc12)c1ccccc1. The van der Waals surface area contributed by atoms with Crippen LogP contribution in [0, 0.1) is 0 Å². The van der Waals surface area contributed by atoms with Crippen LogP contribution in [0.4, 0.5) is 17.5 Å². The Morgan fingerprint density at radius 2 is 1.84 bits per heavy atom. The van der Waals surface area contributed by atoms with Crippen molar-refractivity contribution in [3.8, 4) is 11.5 Å². The van der Waals surface area contributed by atoms with Crippen LogP contribution >= 0.6 is 11.6 Å². The highest BCUT2D eigenvalue weighted by Gasteiger charge is 2.47. The molecule has 6 rings (SSSR count). The van der Waals surface area contributed by atoms with Gasteiger partial charge < -0.3 is 20.8 Å². The highest BCUT2D eigenvalue weighted by Crippen LogP contribution is 2.45. The minimum atomic E-state index is -1.05. The van der Waals surface area contributed by atoms with E-state index in [0.29, 0.717) is 39.4 Å². The van der Waals surface area contributed by atoms with Crippen molar-refractivity contribution in [1.29, 1.82) is 0 Å². The van der Waals surface area contributed by atoms with Crippen molar-refractivity contribution in [1.82, 2.24) is 24.3 Å². The number of nitrogens with one attached hydrogen (secondary N) is 2. The van der Waals surface area contributed by atoms with E-state index in [1.807, 2.05) is 40.9 Å². The van der Waals surface area contributed by atoms with Crippen molar-refractivity contribution in [2.24, 2.45) is 0 Å². The number of hydrogen-bond acceptors (Lipinski definition) is 7. The second kappa shape index (κ2) is 8.56. The molecule has 2 aromatic carbocycles. The van der Waals surface area contributed by atoms with Gasteiger partial charge in [-0.15, -0.1) is 0 Å². The summed E-state index contributed by atoms with van der Waals surface area (Å²) in [5.41, 5.74) is 8.96. The summed E-state index contributed by atoms with van der Waals surface area (Å²) < 4.78 is 1.85. The molecule has 1 aliphatic heterocycles. The first-order chi connectivity index (χ1) is 17.8. The number of aromatic nitrogens is 5. The largest absolute Gasteiger partial charge is 0.383 e. The van der Waals surface area contributed by atoms with Crippen LogP contribution in [0.1, 0.15) is 36.6 Å². The van der Waals surface area contributed by atoms with Gasteiger partial charge in [0.05, 0.1) is 11.6 Å². The number of nitrogens with two attached hydrogens (primary N) is 1. The number of anilines is 3. The summed E-state index contributed by atoms with van der Waals surface area (Å²) in [6, 6.07) is 17.2. The molecule has 0 spiro atoms. The fourth-order valence-electron chi connectivity index (χ4n) is 4.75. The summed E-state index contributed by atoms with van der Waals surface area (Å²) in [5, 5.41) is 6.92. The number of rotatable bonds is 5. The molecular formula is C27H23ClN8O. The van der Waals surface area contributed by atoms with Crippen molar-refractivity contribution in [3.63, 3.8) is 0 Å². The van der Waals surface area contributed by atoms with Crippen LogP contribution in [0.25, 0.3) is 17.2 Å². The molecule has 4 N–H and O–H groups in total. The van der Waals surface area contributed by atoms with Gasteiger partial charge in [-0.05, 0) is 37.1 Å². The lowest BCUT2D eigenvalue weighted by Gasteiger charge is -2.23. The molecule has 184 valence electrons. The first-order valence-electron chi connectivity index (χ1n) is 11.8. The summed E-state index contributed by atoms with van der Waals surface area (Å²) >= 11 is 6.06. The fourth-order valence-corrected chi connectivity index (χ4v) is 4.87. The van der Waals surface area contributed by atoms with Gasteiger partial charge in [0.15, 0.2) is 17.3 Å². The molecule has 1 amide bonds. The Labute approximate surface area is 217 Å². The number of hydrogen-bond donors (Lipinski definition) is 3. The monoisotopic (exact) mass is 510 g/mol. The molecule has 2 atom stereocenters. The smallest absolute Gasteiger partial charge is 0.240 e. The lowest BCUT2D eigenvalue weighted by Crippen LogP contribution is -2.32. The highest BCUT2D eigenvalue weighted by atomic mass is 35.5. The van der Waals surface area contributed by atoms with Crippen molar-refractivity contribution < 1.29 is 4.79 Å². The van der Waals surface area contributed by atoms with E-state index in [1.165, 1.54) is 0 Å². The summed E-state index contributed by atoms with van der Waals surface area (Å²) in [5.74, 6) is 1.21. The number of carbonyl (C=O) groups excluding carboxylic acids is 1. The van der Waals surface area contributed by atoms with E-state index in [2.05, 4.69) is 44.6 Å². The minimum Gasteiger partial charge on any atom is -0.383 e. The normalized spacial score (nSPS) is 17.4. The predicted molar refractivity (Wildman–Crippen MR) is 143 cm³/mol. The molecule has 1 aliphatic rings. The maximum atomic E-state index is 13.2. The van der Waals surface area contributed by atoms with Crippen LogP contribution < -0.4 is 16.4 Å². The molecule has 5 aromatic rings. The van der Waals surface area contributed by atoms with E-state index < -0.39 is 5.41 Å². The second-order valence-electron chi connectivity index (χ2n) is 9.15. The summed E-state index contributed by atoms with van der Waals surface area (Å²) in [6.45, 7) is 3.86. The maximum Gasteiger partial charge on any atom is 0.240 e. The Balaban J connectivity index is 1.43. The molecule has 0 aliphatic carbocycles. The third-order valence-electron chi connectivity index (χ3n) is 6.80. The number of carbonyl (C=O) groups is 1. The minimum absolute atomic E-state index is 0.0187. The first kappa shape index (κ1) is 22.9. The van der Waals surface area contributed by atoms with E-state index in [4.69, 9.17) is 22.3 Å². The van der Waals surface area contributed by atoms with Crippen molar-refractivity contribution in [2.45, 2.75) is 25.3 Å². The van der Waals surface area contributed by atoms with Gasteiger partial charge in [0.1, 0.15) is 22.7 Å². The van der Waals surface area contributed by atoms with Gasteiger partial charge in [-0.25, -0.2) is 19.9 Å². The summed E-state index contributed by atoms with van der Waals surface area (Å²) in [4.78, 5) is 31.7. The molecule has 3 aromatic heterocycles. The molecule has 37 heavy (non-hydrogen) atoms. The van der Waals surface area contributed by atoms with Crippen molar-refractivity contribution in [3.05, 3.63) is 94.9 Å². The molecule has 0 bridgehead atoms. The van der Waals surface area contributed by atoms with E-state index >= 15 is 0 Å². The van der Waals surface area contributed by atoms with Crippen LogP contribution in [0.2, 0.25) is 5.02 Å². The van der Waals surface area contributed by atoms with Gasteiger partial charge in [-0.3, -0.25) is 4.79 Å². The van der Waals surface area contributed by atoms with E-state index in [1.54, 1.807) is 31.5 Å². The maximum absolute atomic E-state index is 13.2. The Bertz CT molecular complexity index is 1650. The number of halogens is 1. The molecule has 2 unspecified atom stereocenters. The molecule has 0 saturated carbocycles. The quantitative estimate of drug-likeness (QED) is 0.308. The van der Waals surface area contributed by atoms with Crippen LogP contribution in [-0.4, -0.2) is 30.2 Å². The number of nitrogen functional groups attached to an aromatic ring is 1. The van der Waals surface area contributed by atoms with Gasteiger partial charge >= 0.3 is 0 Å². The zero-order valence-corrected chi connectivity index (χ0v) is 20.9. The third-order valence-corrected chi connectivity index (χ3v) is 7.05. The summed E-state index contributed by atoms with van der Waals surface area (Å²) in [6.07, 6.45) is 5.32. The average molecular weight is 511 g/mol. The molecule has 0 fully saturated rings. The zero-order chi connectivity index (χ0) is 25.7. The Morgan fingerprint density at radius 3 is 2.59 bits per heavy atom. The first-order valence-corrected chi connectivity index (χ1v) is 12.1. The second-order valence-corrected chi connectivity index (χ2v) is 9.59. The van der Waals surface area contributed by atoms with Gasteiger partial charge in [0.25, 0.3) is 0 Å². The topological polar surface area (TPSA) is 123 Å². The summed E-state index contributed by atoms with van der Waals surface area (Å²) in [7, 11) is 0. The lowest BCUT2D eigenvalue weighted by atomic mass is 9.78. The van der Waals surface area contributed by atoms with Gasteiger partial charge in [-0.2, -0.15) is 0 Å². The van der Waals surface area contributed by atoms with Gasteiger partial charge in [0.2, 0.25) is 5.91 Å². The van der Waals surface area contributed by atoms with Gasteiger partial charge in [0, 0.05) is 23.6 Å². The molecule has 10 heteroatoms. The predicted octanol–water partition coefficient (Wildman–Crippen LogP) is 4.85. The molecule has 4 heterocycles. The van der Waals surface area contributed by atoms with Crippen molar-refractivity contribution >= 4 is 40.6 Å². The van der Waals surface area contributed by atoms with E-state index in [9.17, 15) is 4.79 Å². The van der Waals surface area contributed by atoms with E-state index in [-0.39, 0.29) is 17.8 Å². The number of benzene rings is 2. The highest BCUT2D eigenvalue weighted by molar-refractivity contribution is 6.30. The van der Waals surface area contributed by atoms with Crippen LogP contribution in [0.5, 0.6) is 0 Å². The number of amides is 1. The number of nitrogens with zero attached hydrogens (tertiary/aromatic N) is 5. The average Bonchev–Trinajstić information content (AvgIpc) is 3.48.